The van der Waals surface area contributed by atoms with Gasteiger partial charge in [0.05, 0.1) is 11.2 Å². The third kappa shape index (κ3) is 3.21. The van der Waals surface area contributed by atoms with E-state index >= 15 is 0 Å². The van der Waals surface area contributed by atoms with Crippen molar-refractivity contribution in [2.45, 2.75) is 20.8 Å². The zero-order valence-corrected chi connectivity index (χ0v) is 12.1. The fraction of sp³-hybridized carbons (Fsp3) is 0.167. The van der Waals surface area contributed by atoms with Crippen LogP contribution in [0.2, 0.25) is 0 Å². The second-order valence-electron chi connectivity index (χ2n) is 5.17. The Morgan fingerprint density at radius 1 is 1.10 bits per heavy atom. The molecule has 2 aromatic rings. The molecule has 2 heteroatoms. The molecule has 1 aromatic heterocycles. The van der Waals surface area contributed by atoms with Crippen LogP contribution >= 0.6 is 0 Å². The van der Waals surface area contributed by atoms with Gasteiger partial charge in [0, 0.05) is 11.0 Å². The number of benzene rings is 1. The lowest BCUT2D eigenvalue weighted by Crippen LogP contribution is -1.91. The summed E-state index contributed by atoms with van der Waals surface area (Å²) in [7, 11) is 0. The molecule has 0 fully saturated rings. The normalized spacial score (nSPS) is 11.5. The van der Waals surface area contributed by atoms with E-state index in [9.17, 15) is 4.39 Å². The Balaban J connectivity index is 2.60. The van der Waals surface area contributed by atoms with Gasteiger partial charge in [-0.25, -0.2) is 9.37 Å². The Morgan fingerprint density at radius 2 is 1.85 bits per heavy atom. The lowest BCUT2D eigenvalue weighted by atomic mass is 10.0. The zero-order chi connectivity index (χ0) is 14.7. The highest BCUT2D eigenvalue weighted by molar-refractivity contribution is 5.83. The average molecular weight is 267 g/mol. The fourth-order valence-electron chi connectivity index (χ4n) is 2.04. The summed E-state index contributed by atoms with van der Waals surface area (Å²) in [5.74, 6) is -0.241. The molecule has 102 valence electrons. The van der Waals surface area contributed by atoms with E-state index in [2.05, 4.69) is 17.6 Å². The van der Waals surface area contributed by atoms with Crippen molar-refractivity contribution >= 4 is 16.5 Å². The highest BCUT2D eigenvalue weighted by Crippen LogP contribution is 2.22. The quantitative estimate of drug-likeness (QED) is 0.688. The van der Waals surface area contributed by atoms with Crippen molar-refractivity contribution in [3.05, 3.63) is 71.7 Å². The summed E-state index contributed by atoms with van der Waals surface area (Å²) in [5, 5.41) is 0.545. The molecule has 0 radical (unpaired) electrons. The maximum atomic E-state index is 13.7. The molecule has 0 N–H and O–H groups in total. The Kier molecular flexibility index (Phi) is 4.14. The minimum absolute atomic E-state index is 0.241. The monoisotopic (exact) mass is 267 g/mol. The van der Waals surface area contributed by atoms with Crippen molar-refractivity contribution in [2.75, 3.05) is 0 Å². The molecule has 20 heavy (non-hydrogen) atoms. The zero-order valence-electron chi connectivity index (χ0n) is 12.1. The van der Waals surface area contributed by atoms with Crippen molar-refractivity contribution in [3.8, 4) is 0 Å². The molecule has 1 nitrogen and oxygen atoms in total. The van der Waals surface area contributed by atoms with Crippen molar-refractivity contribution in [1.82, 2.24) is 4.98 Å². The van der Waals surface area contributed by atoms with E-state index in [1.807, 2.05) is 39.0 Å². The minimum atomic E-state index is -0.241. The smallest absolute Gasteiger partial charge is 0.132 e. The standard InChI is InChI=1S/C18H18FN/c1-12(2)10-14(11-13(3)4)17-9-8-15-16(19)6-5-7-18(15)20-17/h5-11H,1H2,2-4H3/b14-10+. The fourth-order valence-corrected chi connectivity index (χ4v) is 2.04. The summed E-state index contributed by atoms with van der Waals surface area (Å²) in [6.07, 6.45) is 4.04. The SMILES string of the molecule is C=C(C)/C=C(\C=C(C)C)c1ccc2c(F)cccc2n1. The lowest BCUT2D eigenvalue weighted by molar-refractivity contribution is 0.639. The third-order valence-electron chi connectivity index (χ3n) is 2.82. The van der Waals surface area contributed by atoms with Gasteiger partial charge in [-0.3, -0.25) is 0 Å². The van der Waals surface area contributed by atoms with E-state index in [-0.39, 0.29) is 5.82 Å². The van der Waals surface area contributed by atoms with E-state index in [4.69, 9.17) is 0 Å². The molecule has 0 bridgehead atoms. The van der Waals surface area contributed by atoms with Crippen molar-refractivity contribution < 1.29 is 4.39 Å². The van der Waals surface area contributed by atoms with Crippen LogP contribution in [-0.2, 0) is 0 Å². The van der Waals surface area contributed by atoms with Gasteiger partial charge >= 0.3 is 0 Å². The number of rotatable bonds is 3. The predicted molar refractivity (Wildman–Crippen MR) is 83.9 cm³/mol. The molecule has 2 rings (SSSR count). The first kappa shape index (κ1) is 14.2. The van der Waals surface area contributed by atoms with Crippen LogP contribution in [0.25, 0.3) is 16.5 Å². The number of pyridine rings is 1. The highest BCUT2D eigenvalue weighted by atomic mass is 19.1. The van der Waals surface area contributed by atoms with Crippen molar-refractivity contribution in [3.63, 3.8) is 0 Å². The van der Waals surface area contributed by atoms with E-state index in [0.29, 0.717) is 10.9 Å². The second-order valence-corrected chi connectivity index (χ2v) is 5.17. The Bertz CT molecular complexity index is 719. The van der Waals surface area contributed by atoms with Crippen LogP contribution in [0, 0.1) is 5.82 Å². The molecule has 0 aliphatic heterocycles. The summed E-state index contributed by atoms with van der Waals surface area (Å²) in [4.78, 5) is 4.55. The Morgan fingerprint density at radius 3 is 2.50 bits per heavy atom. The van der Waals surface area contributed by atoms with E-state index < -0.39 is 0 Å². The number of aromatic nitrogens is 1. The second kappa shape index (κ2) is 5.83. The van der Waals surface area contributed by atoms with Crippen molar-refractivity contribution in [2.24, 2.45) is 0 Å². The molecule has 1 aromatic carbocycles. The molecule has 0 spiro atoms. The van der Waals surface area contributed by atoms with Gasteiger partial charge in [0.2, 0.25) is 0 Å². The topological polar surface area (TPSA) is 12.9 Å². The predicted octanol–water partition coefficient (Wildman–Crippen LogP) is 5.30. The van der Waals surface area contributed by atoms with Gasteiger partial charge in [-0.2, -0.15) is 0 Å². The van der Waals surface area contributed by atoms with Crippen LogP contribution in [0.3, 0.4) is 0 Å². The maximum absolute atomic E-state index is 13.7. The van der Waals surface area contributed by atoms with Gasteiger partial charge in [0.25, 0.3) is 0 Å². The van der Waals surface area contributed by atoms with Gasteiger partial charge in [-0.15, -0.1) is 0 Å². The molecule has 0 aliphatic carbocycles. The first-order chi connectivity index (χ1) is 9.47. The van der Waals surface area contributed by atoms with Crippen LogP contribution in [-0.4, -0.2) is 4.98 Å². The molecular formula is C18H18FN. The molecule has 0 saturated carbocycles. The van der Waals surface area contributed by atoms with Gasteiger partial charge in [0.15, 0.2) is 0 Å². The molecule has 1 heterocycles. The van der Waals surface area contributed by atoms with Gasteiger partial charge in [-0.05, 0) is 45.0 Å². The van der Waals surface area contributed by atoms with E-state index in [1.165, 1.54) is 11.6 Å². The summed E-state index contributed by atoms with van der Waals surface area (Å²) < 4.78 is 13.7. The minimum Gasteiger partial charge on any atom is -0.248 e. The third-order valence-corrected chi connectivity index (χ3v) is 2.82. The molecule has 0 aliphatic rings. The summed E-state index contributed by atoms with van der Waals surface area (Å²) in [6, 6.07) is 8.57. The van der Waals surface area contributed by atoms with Gasteiger partial charge in [0.1, 0.15) is 5.82 Å². The van der Waals surface area contributed by atoms with Crippen molar-refractivity contribution in [1.29, 1.82) is 0 Å². The Labute approximate surface area is 119 Å². The number of fused-ring (bicyclic) bond motifs is 1. The van der Waals surface area contributed by atoms with Crippen LogP contribution in [0.4, 0.5) is 4.39 Å². The maximum Gasteiger partial charge on any atom is 0.132 e. The number of hydrogen-bond acceptors (Lipinski definition) is 1. The van der Waals surface area contributed by atoms with Gasteiger partial charge in [-0.1, -0.05) is 35.9 Å². The number of nitrogens with zero attached hydrogens (tertiary/aromatic N) is 1. The van der Waals surface area contributed by atoms with Crippen LogP contribution in [0.5, 0.6) is 0 Å². The lowest BCUT2D eigenvalue weighted by Gasteiger charge is -2.06. The van der Waals surface area contributed by atoms with E-state index in [0.717, 1.165) is 16.8 Å². The number of hydrogen-bond donors (Lipinski definition) is 0. The first-order valence-corrected chi connectivity index (χ1v) is 6.55. The average Bonchev–Trinajstić information content (AvgIpc) is 2.37. The molecule has 0 unspecified atom stereocenters. The summed E-state index contributed by atoms with van der Waals surface area (Å²) in [6.45, 7) is 9.92. The van der Waals surface area contributed by atoms with Crippen LogP contribution in [0.15, 0.2) is 60.2 Å². The number of halogens is 1. The molecule has 0 saturated heterocycles. The van der Waals surface area contributed by atoms with Crippen LogP contribution < -0.4 is 0 Å². The summed E-state index contributed by atoms with van der Waals surface area (Å²) in [5.41, 5.74) is 4.62. The molecule has 0 atom stereocenters. The van der Waals surface area contributed by atoms with E-state index in [1.54, 1.807) is 12.1 Å². The molecule has 0 amide bonds. The Hall–Kier alpha value is -2.22. The number of allylic oxidation sites excluding steroid dienone is 5. The first-order valence-electron chi connectivity index (χ1n) is 6.55. The summed E-state index contributed by atoms with van der Waals surface area (Å²) >= 11 is 0. The molecular weight excluding hydrogens is 249 g/mol. The highest BCUT2D eigenvalue weighted by Gasteiger charge is 2.05. The van der Waals surface area contributed by atoms with Gasteiger partial charge < -0.3 is 0 Å². The van der Waals surface area contributed by atoms with Crippen LogP contribution in [0.1, 0.15) is 26.5 Å². The largest absolute Gasteiger partial charge is 0.248 e.